The number of phenols is 1. The highest BCUT2D eigenvalue weighted by Gasteiger charge is 2.50. The van der Waals surface area contributed by atoms with Gasteiger partial charge in [0.25, 0.3) is 0 Å². The van der Waals surface area contributed by atoms with Crippen LogP contribution in [0.15, 0.2) is 72.8 Å². The summed E-state index contributed by atoms with van der Waals surface area (Å²) in [5.74, 6) is -0.257. The van der Waals surface area contributed by atoms with Gasteiger partial charge in [0, 0.05) is 46.3 Å². The molecule has 2 aliphatic rings. The fraction of sp³-hybridized carbons (Fsp3) is 0.344. The van der Waals surface area contributed by atoms with Crippen molar-refractivity contribution in [2.24, 2.45) is 0 Å². The van der Waals surface area contributed by atoms with Gasteiger partial charge in [-0.25, -0.2) is 14.8 Å². The number of anilines is 1. The number of aromatic hydroxyl groups is 1. The van der Waals surface area contributed by atoms with Gasteiger partial charge in [0.05, 0.1) is 13.1 Å². The van der Waals surface area contributed by atoms with Crippen LogP contribution in [0.2, 0.25) is 0 Å². The molecule has 10 heteroatoms. The van der Waals surface area contributed by atoms with E-state index in [2.05, 4.69) is 5.32 Å². The number of hydrogen-bond donors (Lipinski definition) is 2. The number of phenolic OH excluding ortho intramolecular Hbond substituents is 1. The molecule has 2 saturated heterocycles. The highest BCUT2D eigenvalue weighted by molar-refractivity contribution is 5.91. The van der Waals surface area contributed by atoms with E-state index >= 15 is 0 Å². The van der Waals surface area contributed by atoms with E-state index in [1.807, 2.05) is 74.4 Å². The summed E-state index contributed by atoms with van der Waals surface area (Å²) in [5.41, 5.74) is 4.85. The first-order valence-corrected chi connectivity index (χ1v) is 14.1. The number of hydrazine groups is 1. The van der Waals surface area contributed by atoms with Crippen LogP contribution in [0.5, 0.6) is 5.75 Å². The van der Waals surface area contributed by atoms with E-state index in [1.165, 1.54) is 0 Å². The number of aryl methyl sites for hydroxylation is 1. The molecule has 220 valence electrons. The van der Waals surface area contributed by atoms with E-state index in [4.69, 9.17) is 0 Å². The van der Waals surface area contributed by atoms with Gasteiger partial charge in [0.15, 0.2) is 0 Å². The van der Waals surface area contributed by atoms with Gasteiger partial charge < -0.3 is 25.1 Å². The molecular weight excluding hydrogens is 532 g/mol. The second-order valence-electron chi connectivity index (χ2n) is 11.2. The maximum absolute atomic E-state index is 14.2. The van der Waals surface area contributed by atoms with E-state index in [0.717, 1.165) is 27.9 Å². The quantitative estimate of drug-likeness (QED) is 0.453. The van der Waals surface area contributed by atoms with Crippen LogP contribution in [0.3, 0.4) is 0 Å². The van der Waals surface area contributed by atoms with Crippen LogP contribution in [-0.2, 0) is 29.1 Å². The van der Waals surface area contributed by atoms with Crippen molar-refractivity contribution in [1.29, 1.82) is 0 Å². The van der Waals surface area contributed by atoms with Crippen LogP contribution in [-0.4, -0.2) is 89.2 Å². The number of rotatable bonds is 7. The topological polar surface area (TPSA) is 99.7 Å². The molecule has 4 amide bonds. The second-order valence-corrected chi connectivity index (χ2v) is 11.2. The van der Waals surface area contributed by atoms with Gasteiger partial charge in [-0.3, -0.25) is 9.59 Å². The van der Waals surface area contributed by atoms with Crippen molar-refractivity contribution in [1.82, 2.24) is 25.1 Å². The molecule has 5 rings (SSSR count). The van der Waals surface area contributed by atoms with E-state index in [0.29, 0.717) is 13.1 Å². The van der Waals surface area contributed by atoms with Gasteiger partial charge in [-0.1, -0.05) is 54.6 Å². The minimum Gasteiger partial charge on any atom is -0.508 e. The third kappa shape index (κ3) is 5.89. The predicted octanol–water partition coefficient (Wildman–Crippen LogP) is 2.95. The zero-order valence-electron chi connectivity index (χ0n) is 24.5. The lowest BCUT2D eigenvalue weighted by atomic mass is 9.97. The van der Waals surface area contributed by atoms with Gasteiger partial charge >= 0.3 is 6.03 Å². The summed E-state index contributed by atoms with van der Waals surface area (Å²) < 4.78 is 0. The Bertz CT molecular complexity index is 1450. The highest BCUT2D eigenvalue weighted by Crippen LogP contribution is 2.31. The molecule has 2 heterocycles. The number of nitrogens with zero attached hydrogens (tertiary/aromatic N) is 5. The Balaban J connectivity index is 1.50. The molecule has 0 aromatic heterocycles. The zero-order chi connectivity index (χ0) is 30.0. The van der Waals surface area contributed by atoms with Crippen LogP contribution in [0.25, 0.3) is 0 Å². The maximum atomic E-state index is 14.2. The van der Waals surface area contributed by atoms with Crippen molar-refractivity contribution < 1.29 is 19.5 Å². The average molecular weight is 571 g/mol. The third-order valence-electron chi connectivity index (χ3n) is 8.02. The molecule has 3 aromatic carbocycles. The van der Waals surface area contributed by atoms with Gasteiger partial charge in [0.2, 0.25) is 11.8 Å². The monoisotopic (exact) mass is 570 g/mol. The number of carbonyl (C=O) groups is 3. The molecule has 2 N–H and O–H groups in total. The molecule has 2 atom stereocenters. The summed E-state index contributed by atoms with van der Waals surface area (Å²) in [6.07, 6.45) is -0.436. The Morgan fingerprint density at radius 1 is 0.976 bits per heavy atom. The standard InChI is InChI=1S/C32H38N6O4/c1-22-9-8-12-27(34(2)3)26(22)19-36-20-29-37(28(31(36)41)17-23-13-15-25(39)16-14-23)30(40)21-35(4)38(29)32(42)33-18-24-10-6-5-7-11-24/h5-16,28-29,39H,17-21H2,1-4H3,(H,33,42)/t28-,29+/m0/s1. The molecule has 2 fully saturated rings. The molecule has 42 heavy (non-hydrogen) atoms. The molecule has 0 unspecified atom stereocenters. The van der Waals surface area contributed by atoms with Gasteiger partial charge in [-0.05, 0) is 47.4 Å². The van der Waals surface area contributed by atoms with Crippen LogP contribution in [0.1, 0.15) is 22.3 Å². The number of fused-ring (bicyclic) bond motifs is 1. The van der Waals surface area contributed by atoms with Gasteiger partial charge in [0.1, 0.15) is 18.0 Å². The fourth-order valence-electron chi connectivity index (χ4n) is 5.86. The third-order valence-corrected chi connectivity index (χ3v) is 8.02. The number of urea groups is 1. The van der Waals surface area contributed by atoms with Gasteiger partial charge in [-0.15, -0.1) is 0 Å². The Kier molecular flexibility index (Phi) is 8.35. The lowest BCUT2D eigenvalue weighted by molar-refractivity contribution is -0.187. The molecule has 10 nitrogen and oxygen atoms in total. The van der Waals surface area contributed by atoms with Crippen LogP contribution in [0.4, 0.5) is 10.5 Å². The lowest BCUT2D eigenvalue weighted by Gasteiger charge is -2.54. The summed E-state index contributed by atoms with van der Waals surface area (Å²) >= 11 is 0. The van der Waals surface area contributed by atoms with Crippen LogP contribution in [0, 0.1) is 6.92 Å². The fourth-order valence-corrected chi connectivity index (χ4v) is 5.86. The normalized spacial score (nSPS) is 19.1. The number of nitrogens with one attached hydrogen (secondary N) is 1. The van der Waals surface area contributed by atoms with E-state index in [9.17, 15) is 19.5 Å². The van der Waals surface area contributed by atoms with Gasteiger partial charge in [-0.2, -0.15) is 0 Å². The molecule has 3 aromatic rings. The Morgan fingerprint density at radius 3 is 2.38 bits per heavy atom. The first-order valence-electron chi connectivity index (χ1n) is 14.1. The highest BCUT2D eigenvalue weighted by atomic mass is 16.3. The smallest absolute Gasteiger partial charge is 0.334 e. The number of hydrogen-bond acceptors (Lipinski definition) is 6. The Hall–Kier alpha value is -4.57. The van der Waals surface area contributed by atoms with Crippen molar-refractivity contribution in [3.63, 3.8) is 0 Å². The molecule has 0 radical (unpaired) electrons. The first-order chi connectivity index (χ1) is 20.1. The minimum atomic E-state index is -0.814. The van der Waals surface area contributed by atoms with Crippen LogP contribution >= 0.6 is 0 Å². The number of benzene rings is 3. The molecular formula is C32H38N6O4. The number of likely N-dealkylation sites (N-methyl/N-ethyl adjacent to an activating group) is 1. The summed E-state index contributed by atoms with van der Waals surface area (Å²) in [5, 5.41) is 16.0. The summed E-state index contributed by atoms with van der Waals surface area (Å²) in [7, 11) is 5.66. The average Bonchev–Trinajstić information content (AvgIpc) is 2.96. The summed E-state index contributed by atoms with van der Waals surface area (Å²) in [6.45, 7) is 2.84. The molecule has 0 spiro atoms. The zero-order valence-corrected chi connectivity index (χ0v) is 24.5. The summed E-state index contributed by atoms with van der Waals surface area (Å²) in [4.78, 5) is 46.8. The maximum Gasteiger partial charge on any atom is 0.334 e. The predicted molar refractivity (Wildman–Crippen MR) is 160 cm³/mol. The second kappa shape index (κ2) is 12.1. The summed E-state index contributed by atoms with van der Waals surface area (Å²) in [6, 6.07) is 21.2. The minimum absolute atomic E-state index is 0.0306. The van der Waals surface area contributed by atoms with E-state index in [1.54, 1.807) is 51.1 Å². The lowest BCUT2D eigenvalue weighted by Crippen LogP contribution is -2.76. The Morgan fingerprint density at radius 2 is 1.69 bits per heavy atom. The Labute approximate surface area is 246 Å². The number of amides is 4. The number of carbonyl (C=O) groups excluding carboxylic acids is 3. The molecule has 2 aliphatic heterocycles. The van der Waals surface area contributed by atoms with Crippen molar-refractivity contribution in [2.45, 2.75) is 38.6 Å². The van der Waals surface area contributed by atoms with Crippen molar-refractivity contribution >= 4 is 23.5 Å². The molecule has 0 aliphatic carbocycles. The van der Waals surface area contributed by atoms with Crippen molar-refractivity contribution in [3.05, 3.63) is 95.1 Å². The largest absolute Gasteiger partial charge is 0.508 e. The molecule has 0 saturated carbocycles. The van der Waals surface area contributed by atoms with Crippen molar-refractivity contribution in [2.75, 3.05) is 39.1 Å². The van der Waals surface area contributed by atoms with Crippen molar-refractivity contribution in [3.8, 4) is 5.75 Å². The van der Waals surface area contributed by atoms with E-state index in [-0.39, 0.29) is 43.1 Å². The first kappa shape index (κ1) is 28.9. The SMILES string of the molecule is Cc1cccc(N(C)C)c1CN1C[C@@H]2N(C(=O)CN(C)N2C(=O)NCc2ccccc2)[C@@H](Cc2ccc(O)cc2)C1=O. The molecule has 0 bridgehead atoms. The number of piperazine rings is 1. The van der Waals surface area contributed by atoms with E-state index < -0.39 is 12.2 Å². The van der Waals surface area contributed by atoms with Crippen LogP contribution < -0.4 is 10.2 Å².